The molecule has 5 aromatic carbocycles. The molecule has 10 rings (SSSR count). The first-order chi connectivity index (χ1) is 25.0. The molecule has 1 fully saturated rings. The van der Waals surface area contributed by atoms with Crippen molar-refractivity contribution in [2.75, 3.05) is 0 Å². The van der Waals surface area contributed by atoms with Crippen LogP contribution in [0.15, 0.2) is 156 Å². The summed E-state index contributed by atoms with van der Waals surface area (Å²) in [7, 11) is 0. The van der Waals surface area contributed by atoms with Gasteiger partial charge >= 0.3 is 0 Å². The van der Waals surface area contributed by atoms with Crippen LogP contribution in [0.3, 0.4) is 0 Å². The van der Waals surface area contributed by atoms with Crippen LogP contribution in [0, 0.1) is 5.92 Å². The van der Waals surface area contributed by atoms with Crippen LogP contribution in [0.25, 0.3) is 22.4 Å². The highest BCUT2D eigenvalue weighted by Gasteiger charge is 2.52. The SMILES string of the molecule is CC1(C)c2ccccc2C2C=C3C(=CC21)c1c(-c2ccc(C4=NC(c5ccccc5)NC(c5ccccc5)=C4)cc2)cccc1C31CCCCC1. The second-order valence-corrected chi connectivity index (χ2v) is 15.9. The summed E-state index contributed by atoms with van der Waals surface area (Å²) in [5.74, 6) is 0.904. The third-order valence-corrected chi connectivity index (χ3v) is 12.8. The van der Waals surface area contributed by atoms with Gasteiger partial charge in [0.25, 0.3) is 0 Å². The van der Waals surface area contributed by atoms with Crippen LogP contribution in [0.2, 0.25) is 0 Å². The molecule has 0 amide bonds. The summed E-state index contributed by atoms with van der Waals surface area (Å²) < 4.78 is 0. The summed E-state index contributed by atoms with van der Waals surface area (Å²) in [4.78, 5) is 5.24. The molecule has 1 saturated carbocycles. The zero-order valence-electron chi connectivity index (χ0n) is 29.6. The van der Waals surface area contributed by atoms with Crippen LogP contribution in [-0.4, -0.2) is 5.71 Å². The Labute approximate surface area is 302 Å². The molecule has 3 atom stereocenters. The lowest BCUT2D eigenvalue weighted by molar-refractivity contribution is 0.345. The van der Waals surface area contributed by atoms with Crippen molar-refractivity contribution in [3.8, 4) is 11.1 Å². The van der Waals surface area contributed by atoms with E-state index in [4.69, 9.17) is 4.99 Å². The number of fused-ring (bicyclic) bond motifs is 8. The maximum absolute atomic E-state index is 5.24. The van der Waals surface area contributed by atoms with Gasteiger partial charge in [0.05, 0.1) is 5.71 Å². The topological polar surface area (TPSA) is 24.4 Å². The lowest BCUT2D eigenvalue weighted by Gasteiger charge is -2.39. The Hall–Kier alpha value is -5.21. The first-order valence-corrected chi connectivity index (χ1v) is 19.0. The van der Waals surface area contributed by atoms with E-state index in [0.717, 1.165) is 22.5 Å². The van der Waals surface area contributed by atoms with Crippen molar-refractivity contribution in [3.05, 3.63) is 190 Å². The third-order valence-electron chi connectivity index (χ3n) is 12.8. The van der Waals surface area contributed by atoms with E-state index in [1.54, 1.807) is 11.1 Å². The number of rotatable bonds is 4. The summed E-state index contributed by atoms with van der Waals surface area (Å²) >= 11 is 0. The standard InChI is InChI=1S/C49H44N2/c1-48(2)40-21-11-10-19-37(40)38-29-43-39(30-42(38)48)46-36(20-14-22-41(46)49(43)27-12-5-13-28-49)32-23-25-34(26-24-32)45-31-44(33-15-6-3-7-16-33)50-47(51-45)35-17-8-4-9-18-35/h3-4,6-11,14-26,29-31,38,42,47,50H,5,12-13,27-28H2,1-2H3. The fourth-order valence-corrected chi connectivity index (χ4v) is 10.3. The molecule has 5 aromatic rings. The molecule has 250 valence electrons. The van der Waals surface area contributed by atoms with Crippen molar-refractivity contribution < 1.29 is 0 Å². The zero-order chi connectivity index (χ0) is 34.2. The smallest absolute Gasteiger partial charge is 0.145 e. The molecule has 0 saturated heterocycles. The normalized spacial score (nSPS) is 23.5. The number of nitrogens with one attached hydrogen (secondary N) is 1. The van der Waals surface area contributed by atoms with Gasteiger partial charge in [-0.05, 0) is 91.5 Å². The van der Waals surface area contributed by atoms with E-state index in [1.807, 2.05) is 0 Å². The quantitative estimate of drug-likeness (QED) is 0.204. The Kier molecular flexibility index (Phi) is 7.00. The van der Waals surface area contributed by atoms with E-state index < -0.39 is 0 Å². The molecule has 1 heterocycles. The molecule has 2 heteroatoms. The molecule has 1 N–H and O–H groups in total. The fraction of sp³-hybridized carbons (Fsp3) is 0.245. The van der Waals surface area contributed by atoms with Crippen molar-refractivity contribution in [2.24, 2.45) is 10.9 Å². The number of hydrogen-bond acceptors (Lipinski definition) is 2. The number of nitrogens with zero attached hydrogens (tertiary/aromatic N) is 1. The van der Waals surface area contributed by atoms with Gasteiger partial charge in [0, 0.05) is 17.0 Å². The highest BCUT2D eigenvalue weighted by Crippen LogP contribution is 2.64. The van der Waals surface area contributed by atoms with Crippen molar-refractivity contribution in [1.29, 1.82) is 0 Å². The molecule has 0 bridgehead atoms. The van der Waals surface area contributed by atoms with Gasteiger partial charge < -0.3 is 5.32 Å². The Morgan fingerprint density at radius 1 is 0.627 bits per heavy atom. The molecular formula is C49H44N2. The number of hydrogen-bond donors (Lipinski definition) is 1. The van der Waals surface area contributed by atoms with Crippen LogP contribution in [0.4, 0.5) is 0 Å². The molecule has 51 heavy (non-hydrogen) atoms. The molecule has 1 aliphatic heterocycles. The fourth-order valence-electron chi connectivity index (χ4n) is 10.3. The Morgan fingerprint density at radius 2 is 1.31 bits per heavy atom. The average molecular weight is 661 g/mol. The predicted octanol–water partition coefficient (Wildman–Crippen LogP) is 11.7. The Balaban J connectivity index is 1.07. The van der Waals surface area contributed by atoms with Gasteiger partial charge in [-0.1, -0.05) is 173 Å². The lowest BCUT2D eigenvalue weighted by atomic mass is 9.64. The third kappa shape index (κ3) is 4.72. The van der Waals surface area contributed by atoms with Crippen LogP contribution < -0.4 is 5.32 Å². The van der Waals surface area contributed by atoms with Gasteiger partial charge in [-0.25, -0.2) is 0 Å². The Bertz CT molecular complexity index is 2280. The van der Waals surface area contributed by atoms with Gasteiger partial charge in [-0.2, -0.15) is 0 Å². The maximum atomic E-state index is 5.24. The maximum Gasteiger partial charge on any atom is 0.145 e. The second-order valence-electron chi connectivity index (χ2n) is 15.9. The minimum atomic E-state index is -0.150. The summed E-state index contributed by atoms with van der Waals surface area (Å²) in [5, 5.41) is 3.70. The van der Waals surface area contributed by atoms with E-state index >= 15 is 0 Å². The monoisotopic (exact) mass is 660 g/mol. The molecule has 0 aromatic heterocycles. The molecule has 4 aliphatic carbocycles. The molecule has 3 unspecified atom stereocenters. The van der Waals surface area contributed by atoms with E-state index in [1.165, 1.54) is 71.1 Å². The van der Waals surface area contributed by atoms with E-state index in [-0.39, 0.29) is 17.0 Å². The van der Waals surface area contributed by atoms with Crippen LogP contribution in [0.1, 0.15) is 97.0 Å². The van der Waals surface area contributed by atoms with Crippen LogP contribution >= 0.6 is 0 Å². The molecular weight excluding hydrogens is 617 g/mol. The van der Waals surface area contributed by atoms with E-state index in [0.29, 0.717) is 11.8 Å². The Morgan fingerprint density at radius 3 is 2.10 bits per heavy atom. The highest BCUT2D eigenvalue weighted by molar-refractivity contribution is 6.13. The minimum Gasteiger partial charge on any atom is -0.360 e. The molecule has 5 aliphatic rings. The summed E-state index contributed by atoms with van der Waals surface area (Å²) in [6, 6.07) is 46.8. The lowest BCUT2D eigenvalue weighted by Crippen LogP contribution is -2.31. The number of benzene rings is 5. The number of aliphatic imine (C=N–C) groups is 1. The summed E-state index contributed by atoms with van der Waals surface area (Å²) in [6.07, 6.45) is 14.0. The van der Waals surface area contributed by atoms with Gasteiger partial charge in [0.15, 0.2) is 0 Å². The average Bonchev–Trinajstić information content (AvgIpc) is 3.59. The van der Waals surface area contributed by atoms with Crippen molar-refractivity contribution >= 4 is 17.0 Å². The summed E-state index contributed by atoms with van der Waals surface area (Å²) in [5.41, 5.74) is 17.6. The molecule has 0 radical (unpaired) electrons. The number of allylic oxidation sites excluding steroid dienone is 5. The van der Waals surface area contributed by atoms with E-state index in [9.17, 15) is 0 Å². The first-order valence-electron chi connectivity index (χ1n) is 19.0. The zero-order valence-corrected chi connectivity index (χ0v) is 29.6. The van der Waals surface area contributed by atoms with Crippen LogP contribution in [-0.2, 0) is 10.8 Å². The second kappa shape index (κ2) is 11.7. The highest BCUT2D eigenvalue weighted by atomic mass is 15.1. The van der Waals surface area contributed by atoms with Gasteiger partial charge in [0.1, 0.15) is 6.17 Å². The van der Waals surface area contributed by atoms with Crippen molar-refractivity contribution in [3.63, 3.8) is 0 Å². The van der Waals surface area contributed by atoms with Crippen molar-refractivity contribution in [2.45, 2.75) is 68.9 Å². The molecule has 1 spiro atoms. The van der Waals surface area contributed by atoms with Crippen LogP contribution in [0.5, 0.6) is 0 Å². The predicted molar refractivity (Wildman–Crippen MR) is 212 cm³/mol. The first kappa shape index (κ1) is 30.6. The van der Waals surface area contributed by atoms with Crippen molar-refractivity contribution in [1.82, 2.24) is 5.32 Å². The molecule has 2 nitrogen and oxygen atoms in total. The largest absolute Gasteiger partial charge is 0.360 e. The minimum absolute atomic E-state index is 0.0919. The van der Waals surface area contributed by atoms with Gasteiger partial charge in [-0.3, -0.25) is 4.99 Å². The summed E-state index contributed by atoms with van der Waals surface area (Å²) in [6.45, 7) is 4.93. The van der Waals surface area contributed by atoms with Gasteiger partial charge in [0.2, 0.25) is 0 Å². The van der Waals surface area contributed by atoms with Gasteiger partial charge in [-0.15, -0.1) is 0 Å². The van der Waals surface area contributed by atoms with E-state index in [2.05, 4.69) is 165 Å².